The summed E-state index contributed by atoms with van der Waals surface area (Å²) in [5.41, 5.74) is 3.00. The van der Waals surface area contributed by atoms with Crippen LogP contribution in [0.1, 0.15) is 43.4 Å². The molecule has 3 aromatic carbocycles. The number of hydrogen-bond acceptors (Lipinski definition) is 4. The Morgan fingerprint density at radius 1 is 0.977 bits per heavy atom. The zero-order chi connectivity index (χ0) is 31.1. The highest BCUT2D eigenvalue weighted by molar-refractivity contribution is 6.20. The molecule has 43 heavy (non-hydrogen) atoms. The van der Waals surface area contributed by atoms with Crippen LogP contribution in [0.25, 0.3) is 0 Å². The van der Waals surface area contributed by atoms with Crippen molar-refractivity contribution in [1.29, 1.82) is 0 Å². The van der Waals surface area contributed by atoms with Crippen LogP contribution in [-0.2, 0) is 20.9 Å². The number of nitrogens with zero attached hydrogens (tertiary/aromatic N) is 2. The number of para-hydroxylation sites is 1. The average Bonchev–Trinajstić information content (AvgIpc) is 3.08. The first-order valence-electron chi connectivity index (χ1n) is 14.2. The third-order valence-electron chi connectivity index (χ3n) is 7.36. The first-order valence-corrected chi connectivity index (χ1v) is 14.2. The van der Waals surface area contributed by atoms with E-state index in [0.717, 1.165) is 29.3 Å². The summed E-state index contributed by atoms with van der Waals surface area (Å²) in [4.78, 5) is 47.3. The molecule has 0 bridgehead atoms. The Balaban J connectivity index is 1.64. The number of benzene rings is 3. The standard InChI is InChI=1S/C34H36F2N4O3/c1-5-11-26(32(41)37-20-22-17-24(35)19-25(36)18-22)28(16-21(2)3)33(42)39-31-34(43)40(4)29-15-10-9-14-27(29)30(38-31)23-12-7-6-8-13-23/h5-10,12-15,17-19,21,26,28,31H,1,11,16,20H2,2-4H3,(H,37,41)(H,39,42)/t26-,28+,31?/m0/s1. The minimum Gasteiger partial charge on any atom is -0.352 e. The van der Waals surface area contributed by atoms with Crippen LogP contribution in [0, 0.1) is 29.4 Å². The molecular weight excluding hydrogens is 550 g/mol. The fraction of sp³-hybridized carbons (Fsp3) is 0.294. The van der Waals surface area contributed by atoms with Crippen LogP contribution in [-0.4, -0.2) is 36.6 Å². The van der Waals surface area contributed by atoms with Crippen molar-refractivity contribution < 1.29 is 23.2 Å². The Kier molecular flexibility index (Phi) is 10.2. The molecule has 0 aliphatic carbocycles. The molecule has 224 valence electrons. The van der Waals surface area contributed by atoms with Crippen LogP contribution >= 0.6 is 0 Å². The number of halogens is 2. The van der Waals surface area contributed by atoms with Crippen molar-refractivity contribution >= 4 is 29.1 Å². The molecule has 3 amide bonds. The number of amides is 3. The van der Waals surface area contributed by atoms with E-state index in [1.54, 1.807) is 13.1 Å². The summed E-state index contributed by atoms with van der Waals surface area (Å²) >= 11 is 0. The van der Waals surface area contributed by atoms with Gasteiger partial charge in [-0.05, 0) is 42.5 Å². The van der Waals surface area contributed by atoms with Crippen LogP contribution < -0.4 is 15.5 Å². The van der Waals surface area contributed by atoms with E-state index in [2.05, 4.69) is 17.2 Å². The highest BCUT2D eigenvalue weighted by Gasteiger charge is 2.37. The number of allylic oxidation sites excluding steroid dienone is 1. The van der Waals surface area contributed by atoms with Gasteiger partial charge in [0.2, 0.25) is 18.0 Å². The lowest BCUT2D eigenvalue weighted by atomic mass is 9.82. The third-order valence-corrected chi connectivity index (χ3v) is 7.36. The number of carbonyl (C=O) groups excluding carboxylic acids is 3. The molecule has 1 aliphatic rings. The van der Waals surface area contributed by atoms with Gasteiger partial charge in [-0.3, -0.25) is 14.4 Å². The SMILES string of the molecule is C=CC[C@H](C(=O)NCc1cc(F)cc(F)c1)[C@@H](CC(C)C)C(=O)NC1N=C(c2ccccc2)c2ccccc2N(C)C1=O. The Labute approximate surface area is 250 Å². The zero-order valence-electron chi connectivity index (χ0n) is 24.5. The predicted octanol–water partition coefficient (Wildman–Crippen LogP) is 5.39. The van der Waals surface area contributed by atoms with Crippen molar-refractivity contribution in [3.8, 4) is 0 Å². The minimum absolute atomic E-state index is 0.0355. The number of benzodiazepines with no additional fused rings is 1. The quantitative estimate of drug-likeness (QED) is 0.295. The average molecular weight is 587 g/mol. The molecule has 3 aromatic rings. The number of likely N-dealkylation sites (N-methyl/N-ethyl adjacent to an activating group) is 1. The van der Waals surface area contributed by atoms with Crippen LogP contribution in [0.5, 0.6) is 0 Å². The normalized spacial score (nSPS) is 16.0. The lowest BCUT2D eigenvalue weighted by Crippen LogP contribution is -2.50. The topological polar surface area (TPSA) is 90.9 Å². The summed E-state index contributed by atoms with van der Waals surface area (Å²) in [6.45, 7) is 7.52. The second-order valence-electron chi connectivity index (χ2n) is 11.0. The van der Waals surface area contributed by atoms with E-state index in [1.165, 1.54) is 4.90 Å². The molecule has 1 aliphatic heterocycles. The van der Waals surface area contributed by atoms with Gasteiger partial charge in [-0.25, -0.2) is 13.8 Å². The monoisotopic (exact) mass is 586 g/mol. The molecule has 0 spiro atoms. The van der Waals surface area contributed by atoms with Gasteiger partial charge in [-0.2, -0.15) is 0 Å². The summed E-state index contributed by atoms with van der Waals surface area (Å²) < 4.78 is 27.4. The van der Waals surface area contributed by atoms with Crippen molar-refractivity contribution in [3.05, 3.63) is 114 Å². The second kappa shape index (κ2) is 14.0. The maximum atomic E-state index is 13.9. The van der Waals surface area contributed by atoms with E-state index in [4.69, 9.17) is 4.99 Å². The maximum absolute atomic E-state index is 13.9. The Bertz CT molecular complexity index is 1500. The van der Waals surface area contributed by atoms with Gasteiger partial charge in [-0.1, -0.05) is 68.5 Å². The zero-order valence-corrected chi connectivity index (χ0v) is 24.5. The highest BCUT2D eigenvalue weighted by Crippen LogP contribution is 2.29. The number of hydrogen-bond donors (Lipinski definition) is 2. The first kappa shape index (κ1) is 31.3. The van der Waals surface area contributed by atoms with E-state index in [9.17, 15) is 23.2 Å². The Morgan fingerprint density at radius 2 is 1.63 bits per heavy atom. The van der Waals surface area contributed by atoms with Crippen molar-refractivity contribution in [2.24, 2.45) is 22.7 Å². The predicted molar refractivity (Wildman–Crippen MR) is 163 cm³/mol. The molecular formula is C34H36F2N4O3. The number of fused-ring (bicyclic) bond motifs is 1. The molecule has 0 aromatic heterocycles. The number of anilines is 1. The number of nitrogens with one attached hydrogen (secondary N) is 2. The van der Waals surface area contributed by atoms with E-state index < -0.39 is 47.4 Å². The van der Waals surface area contributed by atoms with Gasteiger partial charge in [0.1, 0.15) is 11.6 Å². The van der Waals surface area contributed by atoms with E-state index in [0.29, 0.717) is 17.8 Å². The van der Waals surface area contributed by atoms with Crippen LogP contribution in [0.4, 0.5) is 14.5 Å². The van der Waals surface area contributed by atoms with Gasteiger partial charge < -0.3 is 15.5 Å². The third kappa shape index (κ3) is 7.60. The fourth-order valence-electron chi connectivity index (χ4n) is 5.31. The van der Waals surface area contributed by atoms with E-state index in [1.807, 2.05) is 68.4 Å². The molecule has 4 rings (SSSR count). The lowest BCUT2D eigenvalue weighted by molar-refractivity contribution is -0.137. The summed E-state index contributed by atoms with van der Waals surface area (Å²) in [7, 11) is 1.64. The summed E-state index contributed by atoms with van der Waals surface area (Å²) in [6.07, 6.45) is 0.840. The van der Waals surface area contributed by atoms with Gasteiger partial charge in [0.05, 0.1) is 23.2 Å². The molecule has 3 atom stereocenters. The van der Waals surface area contributed by atoms with Gasteiger partial charge in [-0.15, -0.1) is 6.58 Å². The van der Waals surface area contributed by atoms with Gasteiger partial charge in [0.25, 0.3) is 5.91 Å². The van der Waals surface area contributed by atoms with Crippen LogP contribution in [0.15, 0.2) is 90.4 Å². The molecule has 9 heteroatoms. The molecule has 7 nitrogen and oxygen atoms in total. The van der Waals surface area contributed by atoms with Gasteiger partial charge in [0, 0.05) is 30.8 Å². The number of aliphatic imine (C=N–C) groups is 1. The highest BCUT2D eigenvalue weighted by atomic mass is 19.1. The van der Waals surface area contributed by atoms with Crippen molar-refractivity contribution in [2.75, 3.05) is 11.9 Å². The van der Waals surface area contributed by atoms with Crippen molar-refractivity contribution in [2.45, 2.75) is 39.4 Å². The smallest absolute Gasteiger partial charge is 0.272 e. The molecule has 1 heterocycles. The molecule has 0 saturated heterocycles. The molecule has 0 fully saturated rings. The summed E-state index contributed by atoms with van der Waals surface area (Å²) in [5, 5.41) is 5.54. The number of rotatable bonds is 11. The van der Waals surface area contributed by atoms with E-state index in [-0.39, 0.29) is 24.4 Å². The number of carbonyl (C=O) groups is 3. The van der Waals surface area contributed by atoms with Crippen molar-refractivity contribution in [3.63, 3.8) is 0 Å². The second-order valence-corrected chi connectivity index (χ2v) is 11.0. The molecule has 0 saturated carbocycles. The maximum Gasteiger partial charge on any atom is 0.272 e. The lowest BCUT2D eigenvalue weighted by Gasteiger charge is -2.28. The fourth-order valence-corrected chi connectivity index (χ4v) is 5.31. The van der Waals surface area contributed by atoms with Gasteiger partial charge >= 0.3 is 0 Å². The van der Waals surface area contributed by atoms with Crippen LogP contribution in [0.3, 0.4) is 0 Å². The summed E-state index contributed by atoms with van der Waals surface area (Å²) in [5.74, 6) is -4.52. The van der Waals surface area contributed by atoms with Crippen molar-refractivity contribution in [1.82, 2.24) is 10.6 Å². The minimum atomic E-state index is -1.24. The summed E-state index contributed by atoms with van der Waals surface area (Å²) in [6, 6.07) is 19.8. The van der Waals surface area contributed by atoms with Gasteiger partial charge in [0.15, 0.2) is 0 Å². The molecule has 1 unspecified atom stereocenters. The Hall–Kier alpha value is -4.66. The van der Waals surface area contributed by atoms with Crippen LogP contribution in [0.2, 0.25) is 0 Å². The largest absolute Gasteiger partial charge is 0.352 e. The first-order chi connectivity index (χ1) is 20.6. The Morgan fingerprint density at radius 3 is 2.28 bits per heavy atom. The molecule has 0 radical (unpaired) electrons. The molecule has 2 N–H and O–H groups in total. The van der Waals surface area contributed by atoms with E-state index >= 15 is 0 Å².